The van der Waals surface area contributed by atoms with Gasteiger partial charge < -0.3 is 14.7 Å². The number of benzene rings is 1. The minimum Gasteiger partial charge on any atom is -0.340 e. The molecule has 27 heavy (non-hydrogen) atoms. The van der Waals surface area contributed by atoms with Crippen LogP contribution in [-0.2, 0) is 6.42 Å². The van der Waals surface area contributed by atoms with Gasteiger partial charge in [-0.3, -0.25) is 0 Å². The van der Waals surface area contributed by atoms with Crippen molar-refractivity contribution in [3.05, 3.63) is 47.1 Å². The van der Waals surface area contributed by atoms with Crippen molar-refractivity contribution in [2.45, 2.75) is 58.9 Å². The predicted octanol–water partition coefficient (Wildman–Crippen LogP) is 4.23. The number of rotatable bonds is 5. The first-order chi connectivity index (χ1) is 12.9. The lowest BCUT2D eigenvalue weighted by molar-refractivity contribution is 0.174. The van der Waals surface area contributed by atoms with Gasteiger partial charge in [0.15, 0.2) is 5.82 Å². The number of hydrogen-bond donors (Lipinski definition) is 1. The molecule has 1 N–H and O–H groups in total. The summed E-state index contributed by atoms with van der Waals surface area (Å²) >= 11 is 0. The fourth-order valence-corrected chi connectivity index (χ4v) is 3.63. The van der Waals surface area contributed by atoms with Gasteiger partial charge in [-0.2, -0.15) is 4.98 Å². The monoisotopic (exact) mass is 370 g/mol. The molecule has 1 saturated heterocycles. The van der Waals surface area contributed by atoms with Crippen molar-refractivity contribution in [2.75, 3.05) is 13.1 Å². The normalized spacial score (nSPS) is 18.6. The van der Waals surface area contributed by atoms with Crippen LogP contribution in [0, 0.1) is 12.8 Å². The molecular weight excluding hydrogens is 340 g/mol. The second-order valence-corrected chi connectivity index (χ2v) is 7.97. The van der Waals surface area contributed by atoms with Crippen molar-refractivity contribution in [1.82, 2.24) is 20.4 Å². The Labute approximate surface area is 161 Å². The highest BCUT2D eigenvalue weighted by molar-refractivity contribution is 5.75. The SMILES string of the molecule is Cc1nc(C2CCCN(C(=O)NC(C)c3ccc(CC(C)C)cc3)C2)no1. The fraction of sp³-hybridized carbons (Fsp3) is 0.571. The summed E-state index contributed by atoms with van der Waals surface area (Å²) in [5.41, 5.74) is 2.46. The van der Waals surface area contributed by atoms with Crippen LogP contribution in [0.15, 0.2) is 28.8 Å². The van der Waals surface area contributed by atoms with E-state index in [0.29, 0.717) is 24.2 Å². The molecule has 1 aliphatic rings. The maximum Gasteiger partial charge on any atom is 0.317 e. The Morgan fingerprint density at radius 2 is 2.04 bits per heavy atom. The van der Waals surface area contributed by atoms with E-state index in [9.17, 15) is 4.79 Å². The van der Waals surface area contributed by atoms with Crippen molar-refractivity contribution >= 4 is 6.03 Å². The van der Waals surface area contributed by atoms with Crippen LogP contribution in [0.2, 0.25) is 0 Å². The van der Waals surface area contributed by atoms with Crippen LogP contribution in [0.25, 0.3) is 0 Å². The summed E-state index contributed by atoms with van der Waals surface area (Å²) in [6.45, 7) is 9.65. The lowest BCUT2D eigenvalue weighted by Gasteiger charge is -2.32. The Balaban J connectivity index is 1.57. The lowest BCUT2D eigenvalue weighted by atomic mass is 9.97. The quantitative estimate of drug-likeness (QED) is 0.855. The van der Waals surface area contributed by atoms with E-state index >= 15 is 0 Å². The van der Waals surface area contributed by atoms with E-state index in [4.69, 9.17) is 4.52 Å². The lowest BCUT2D eigenvalue weighted by Crippen LogP contribution is -2.45. The number of urea groups is 1. The van der Waals surface area contributed by atoms with E-state index in [1.165, 1.54) is 5.56 Å². The van der Waals surface area contributed by atoms with E-state index in [-0.39, 0.29) is 18.0 Å². The van der Waals surface area contributed by atoms with Crippen molar-refractivity contribution < 1.29 is 9.32 Å². The highest BCUT2D eigenvalue weighted by Gasteiger charge is 2.28. The standard InChI is InChI=1S/C21H30N4O2/c1-14(2)12-17-7-9-18(10-8-17)15(3)22-21(26)25-11-5-6-19(13-25)20-23-16(4)27-24-20/h7-10,14-15,19H,5-6,11-13H2,1-4H3,(H,22,26). The number of aromatic nitrogens is 2. The summed E-state index contributed by atoms with van der Waals surface area (Å²) in [5, 5.41) is 7.15. The average molecular weight is 370 g/mol. The van der Waals surface area contributed by atoms with Gasteiger partial charge in [0.2, 0.25) is 5.89 Å². The molecule has 6 heteroatoms. The Hall–Kier alpha value is -2.37. The van der Waals surface area contributed by atoms with Crippen LogP contribution in [0.3, 0.4) is 0 Å². The van der Waals surface area contributed by atoms with Gasteiger partial charge >= 0.3 is 6.03 Å². The number of amides is 2. The largest absolute Gasteiger partial charge is 0.340 e. The minimum absolute atomic E-state index is 0.0290. The Bertz CT molecular complexity index is 754. The molecule has 0 spiro atoms. The number of likely N-dealkylation sites (tertiary alicyclic amines) is 1. The summed E-state index contributed by atoms with van der Waals surface area (Å²) in [5.74, 6) is 2.07. The van der Waals surface area contributed by atoms with Gasteiger partial charge in [-0.25, -0.2) is 4.79 Å². The van der Waals surface area contributed by atoms with Crippen LogP contribution < -0.4 is 5.32 Å². The number of hydrogen-bond acceptors (Lipinski definition) is 4. The number of nitrogens with zero attached hydrogens (tertiary/aromatic N) is 3. The number of piperidine rings is 1. The van der Waals surface area contributed by atoms with Crippen LogP contribution in [0.1, 0.15) is 68.4 Å². The first-order valence-electron chi connectivity index (χ1n) is 9.87. The minimum atomic E-state index is -0.0293. The van der Waals surface area contributed by atoms with Crippen molar-refractivity contribution in [3.8, 4) is 0 Å². The summed E-state index contributed by atoms with van der Waals surface area (Å²) in [7, 11) is 0. The van der Waals surface area contributed by atoms with Crippen LogP contribution in [0.5, 0.6) is 0 Å². The molecule has 0 radical (unpaired) electrons. The molecule has 0 bridgehead atoms. The van der Waals surface area contributed by atoms with E-state index in [0.717, 1.165) is 31.4 Å². The summed E-state index contributed by atoms with van der Waals surface area (Å²) in [6, 6.07) is 8.49. The van der Waals surface area contributed by atoms with Crippen LogP contribution in [-0.4, -0.2) is 34.2 Å². The Kier molecular flexibility index (Phi) is 6.14. The van der Waals surface area contributed by atoms with Crippen molar-refractivity contribution in [2.24, 2.45) is 5.92 Å². The molecule has 0 saturated carbocycles. The second-order valence-electron chi connectivity index (χ2n) is 7.97. The molecule has 2 heterocycles. The first-order valence-corrected chi connectivity index (χ1v) is 9.87. The molecule has 2 atom stereocenters. The summed E-state index contributed by atoms with van der Waals surface area (Å²) in [4.78, 5) is 18.9. The number of aryl methyl sites for hydroxylation is 1. The second kappa shape index (κ2) is 8.55. The smallest absolute Gasteiger partial charge is 0.317 e. The molecule has 1 aromatic heterocycles. The molecule has 146 valence electrons. The zero-order chi connectivity index (χ0) is 19.4. The molecule has 3 rings (SSSR count). The third-order valence-electron chi connectivity index (χ3n) is 5.08. The van der Waals surface area contributed by atoms with Crippen LogP contribution >= 0.6 is 0 Å². The highest BCUT2D eigenvalue weighted by atomic mass is 16.5. The van der Waals surface area contributed by atoms with E-state index in [2.05, 4.69) is 53.6 Å². The van der Waals surface area contributed by atoms with E-state index in [1.54, 1.807) is 6.92 Å². The number of carbonyl (C=O) groups is 1. The maximum absolute atomic E-state index is 12.7. The fourth-order valence-electron chi connectivity index (χ4n) is 3.63. The van der Waals surface area contributed by atoms with Gasteiger partial charge in [-0.1, -0.05) is 43.3 Å². The third kappa shape index (κ3) is 5.08. The van der Waals surface area contributed by atoms with Gasteiger partial charge in [0.1, 0.15) is 0 Å². The van der Waals surface area contributed by atoms with Crippen molar-refractivity contribution in [3.63, 3.8) is 0 Å². The molecule has 0 aliphatic carbocycles. The number of carbonyl (C=O) groups excluding carboxylic acids is 1. The van der Waals surface area contributed by atoms with Gasteiger partial charge in [0.25, 0.3) is 0 Å². The molecule has 6 nitrogen and oxygen atoms in total. The van der Waals surface area contributed by atoms with Gasteiger partial charge in [0, 0.05) is 25.9 Å². The highest BCUT2D eigenvalue weighted by Crippen LogP contribution is 2.25. The summed E-state index contributed by atoms with van der Waals surface area (Å²) in [6.07, 6.45) is 3.01. The van der Waals surface area contributed by atoms with Crippen LogP contribution in [0.4, 0.5) is 4.79 Å². The molecular formula is C21H30N4O2. The molecule has 1 fully saturated rings. The first kappa shape index (κ1) is 19.4. The molecule has 2 unspecified atom stereocenters. The Morgan fingerprint density at radius 1 is 1.30 bits per heavy atom. The Morgan fingerprint density at radius 3 is 2.67 bits per heavy atom. The molecule has 2 amide bonds. The number of nitrogens with one attached hydrogen (secondary N) is 1. The van der Waals surface area contributed by atoms with Crippen molar-refractivity contribution in [1.29, 1.82) is 0 Å². The van der Waals surface area contributed by atoms with Gasteiger partial charge in [0.05, 0.1) is 6.04 Å². The topological polar surface area (TPSA) is 71.3 Å². The average Bonchev–Trinajstić information content (AvgIpc) is 3.08. The molecule has 2 aromatic rings. The maximum atomic E-state index is 12.7. The van der Waals surface area contributed by atoms with E-state index in [1.807, 2.05) is 11.8 Å². The third-order valence-corrected chi connectivity index (χ3v) is 5.08. The zero-order valence-corrected chi connectivity index (χ0v) is 16.7. The van der Waals surface area contributed by atoms with Gasteiger partial charge in [-0.15, -0.1) is 0 Å². The van der Waals surface area contributed by atoms with Gasteiger partial charge in [-0.05, 0) is 43.2 Å². The summed E-state index contributed by atoms with van der Waals surface area (Å²) < 4.78 is 5.09. The molecule has 1 aromatic carbocycles. The predicted molar refractivity (Wildman–Crippen MR) is 105 cm³/mol. The van der Waals surface area contributed by atoms with E-state index < -0.39 is 0 Å². The zero-order valence-electron chi connectivity index (χ0n) is 16.7. The molecule has 1 aliphatic heterocycles.